The van der Waals surface area contributed by atoms with Gasteiger partial charge in [-0.15, -0.1) is 0 Å². The van der Waals surface area contributed by atoms with Gasteiger partial charge in [-0.25, -0.2) is 4.98 Å². The van der Waals surface area contributed by atoms with E-state index in [2.05, 4.69) is 27.4 Å². The van der Waals surface area contributed by atoms with Gasteiger partial charge in [0, 0.05) is 17.3 Å². The minimum absolute atomic E-state index is 0.00156. The molecule has 0 amide bonds. The molecule has 0 radical (unpaired) electrons. The number of methoxy groups -OCH3 is 2. The fourth-order valence-electron chi connectivity index (χ4n) is 4.39. The molecule has 0 aliphatic heterocycles. The van der Waals surface area contributed by atoms with Gasteiger partial charge >= 0.3 is 0 Å². The van der Waals surface area contributed by atoms with Crippen molar-refractivity contribution in [2.75, 3.05) is 31.8 Å². The van der Waals surface area contributed by atoms with Crippen molar-refractivity contribution >= 4 is 22.7 Å². The topological polar surface area (TPSA) is 82.3 Å². The first-order valence-corrected chi connectivity index (χ1v) is 10.1. The summed E-state index contributed by atoms with van der Waals surface area (Å²) < 4.78 is 11.0. The summed E-state index contributed by atoms with van der Waals surface area (Å²) in [6.07, 6.45) is 5.90. The third-order valence-electron chi connectivity index (χ3n) is 6.02. The van der Waals surface area contributed by atoms with Crippen molar-refractivity contribution in [3.63, 3.8) is 0 Å². The molecule has 6 nitrogen and oxygen atoms in total. The number of benzene rings is 2. The number of nitrogens with zero attached hydrogens (tertiary/aromatic N) is 2. The largest absolute Gasteiger partial charge is 0.493 e. The lowest BCUT2D eigenvalue weighted by Crippen LogP contribution is -2.37. The second-order valence-electron chi connectivity index (χ2n) is 7.71. The molecule has 0 bridgehead atoms. The molecule has 6 heteroatoms. The van der Waals surface area contributed by atoms with Crippen molar-refractivity contribution in [3.8, 4) is 11.5 Å². The number of anilines is 2. The number of nitrogens with one attached hydrogen (secondary N) is 1. The number of hydrogen-bond acceptors (Lipinski definition) is 6. The van der Waals surface area contributed by atoms with Gasteiger partial charge in [-0.05, 0) is 42.7 Å². The van der Waals surface area contributed by atoms with Gasteiger partial charge in [-0.2, -0.15) is 4.98 Å². The van der Waals surface area contributed by atoms with E-state index in [4.69, 9.17) is 15.2 Å². The summed E-state index contributed by atoms with van der Waals surface area (Å²) >= 11 is 0. The Balaban J connectivity index is 1.64. The minimum atomic E-state index is 0.00156. The Kier molecular flexibility index (Phi) is 5.43. The Labute approximate surface area is 171 Å². The van der Waals surface area contributed by atoms with Crippen LogP contribution in [0.15, 0.2) is 42.5 Å². The highest BCUT2D eigenvalue weighted by Crippen LogP contribution is 2.42. The maximum atomic E-state index is 6.16. The minimum Gasteiger partial charge on any atom is -0.493 e. The molecule has 29 heavy (non-hydrogen) atoms. The molecule has 3 aromatic rings. The van der Waals surface area contributed by atoms with Crippen molar-refractivity contribution in [2.45, 2.75) is 37.5 Å². The van der Waals surface area contributed by atoms with Crippen LogP contribution in [0.2, 0.25) is 0 Å². The summed E-state index contributed by atoms with van der Waals surface area (Å²) in [5.74, 6) is 2.59. The molecule has 3 N–H and O–H groups in total. The van der Waals surface area contributed by atoms with Gasteiger partial charge in [-0.3, -0.25) is 0 Å². The van der Waals surface area contributed by atoms with E-state index in [1.165, 1.54) is 24.8 Å². The van der Waals surface area contributed by atoms with Crippen LogP contribution in [0.25, 0.3) is 10.9 Å². The van der Waals surface area contributed by atoms with Gasteiger partial charge < -0.3 is 20.5 Å². The number of nitrogens with two attached hydrogens (primary N) is 1. The van der Waals surface area contributed by atoms with Gasteiger partial charge in [0.1, 0.15) is 5.82 Å². The van der Waals surface area contributed by atoms with Gasteiger partial charge in [0.2, 0.25) is 5.95 Å². The Hall–Kier alpha value is -3.02. The molecule has 1 aliphatic carbocycles. The first-order chi connectivity index (χ1) is 14.1. The molecule has 0 saturated heterocycles. The van der Waals surface area contributed by atoms with Crippen LogP contribution >= 0.6 is 0 Å². The lowest BCUT2D eigenvalue weighted by Gasteiger charge is -2.38. The lowest BCUT2D eigenvalue weighted by molar-refractivity contribution is 0.304. The van der Waals surface area contributed by atoms with Crippen molar-refractivity contribution < 1.29 is 9.47 Å². The Bertz CT molecular complexity index is 999. The normalized spacial score (nSPS) is 15.8. The van der Waals surface area contributed by atoms with Gasteiger partial charge in [0.05, 0.1) is 19.7 Å². The second kappa shape index (κ2) is 8.15. The number of fused-ring (bicyclic) bond motifs is 1. The van der Waals surface area contributed by atoms with Gasteiger partial charge in [0.15, 0.2) is 11.5 Å². The van der Waals surface area contributed by atoms with Gasteiger partial charge in [0.25, 0.3) is 0 Å². The summed E-state index contributed by atoms with van der Waals surface area (Å²) in [5.41, 5.74) is 8.27. The predicted molar refractivity (Wildman–Crippen MR) is 117 cm³/mol. The molecule has 4 rings (SSSR count). The highest BCUT2D eigenvalue weighted by Gasteiger charge is 2.34. The summed E-state index contributed by atoms with van der Waals surface area (Å²) in [6, 6.07) is 14.1. The van der Waals surface area contributed by atoms with E-state index in [0.717, 1.165) is 41.8 Å². The number of aromatic nitrogens is 2. The van der Waals surface area contributed by atoms with Crippen molar-refractivity contribution in [2.24, 2.45) is 0 Å². The zero-order chi connectivity index (χ0) is 20.3. The van der Waals surface area contributed by atoms with E-state index < -0.39 is 0 Å². The maximum Gasteiger partial charge on any atom is 0.225 e. The van der Waals surface area contributed by atoms with Crippen LogP contribution in [0.4, 0.5) is 11.8 Å². The van der Waals surface area contributed by atoms with Crippen LogP contribution in [0.3, 0.4) is 0 Å². The molecule has 1 heterocycles. The maximum absolute atomic E-state index is 6.16. The fourth-order valence-corrected chi connectivity index (χ4v) is 4.39. The highest BCUT2D eigenvalue weighted by atomic mass is 16.5. The van der Waals surface area contributed by atoms with E-state index >= 15 is 0 Å². The highest BCUT2D eigenvalue weighted by molar-refractivity contribution is 5.88. The summed E-state index contributed by atoms with van der Waals surface area (Å²) in [4.78, 5) is 9.14. The Morgan fingerprint density at radius 2 is 1.72 bits per heavy atom. The van der Waals surface area contributed by atoms with E-state index in [1.807, 2.05) is 30.3 Å². The molecular formula is C23H28N4O2. The average Bonchev–Trinajstić information content (AvgIpc) is 2.78. The second-order valence-corrected chi connectivity index (χ2v) is 7.71. The monoisotopic (exact) mass is 392 g/mol. The SMILES string of the molecule is COc1ccc(C2(CNc3nc(N)c4ccccc4n3)CCCCC2)cc1OC. The third-order valence-corrected chi connectivity index (χ3v) is 6.02. The first kappa shape index (κ1) is 19.3. The molecule has 2 aromatic carbocycles. The first-order valence-electron chi connectivity index (χ1n) is 10.1. The number of rotatable bonds is 6. The molecule has 152 valence electrons. The van der Waals surface area contributed by atoms with Crippen molar-refractivity contribution in [1.82, 2.24) is 9.97 Å². The van der Waals surface area contributed by atoms with Gasteiger partial charge in [-0.1, -0.05) is 37.5 Å². The Morgan fingerprint density at radius 3 is 2.48 bits per heavy atom. The van der Waals surface area contributed by atoms with Crippen LogP contribution in [-0.2, 0) is 5.41 Å². The zero-order valence-electron chi connectivity index (χ0n) is 17.1. The standard InChI is InChI=1S/C23H28N4O2/c1-28-19-11-10-16(14-20(19)29-2)23(12-6-3-7-13-23)15-25-22-26-18-9-5-4-8-17(18)21(24)27-22/h4-5,8-11,14H,3,6-7,12-13,15H2,1-2H3,(H3,24,25,26,27). The molecule has 0 unspecified atom stereocenters. The number of nitrogen functional groups attached to an aromatic ring is 1. The molecule has 1 fully saturated rings. The molecule has 0 spiro atoms. The van der Waals surface area contributed by atoms with Crippen LogP contribution in [-0.4, -0.2) is 30.7 Å². The summed E-state index contributed by atoms with van der Waals surface area (Å²) in [6.45, 7) is 0.750. The number of ether oxygens (including phenoxy) is 2. The van der Waals surface area contributed by atoms with E-state index in [9.17, 15) is 0 Å². The lowest BCUT2D eigenvalue weighted by atomic mass is 9.69. The van der Waals surface area contributed by atoms with E-state index in [1.54, 1.807) is 14.2 Å². The number of para-hydroxylation sites is 1. The summed E-state index contributed by atoms with van der Waals surface area (Å²) in [7, 11) is 3.34. The quantitative estimate of drug-likeness (QED) is 0.641. The van der Waals surface area contributed by atoms with Crippen molar-refractivity contribution in [3.05, 3.63) is 48.0 Å². The predicted octanol–water partition coefficient (Wildman–Crippen LogP) is 4.54. The molecule has 1 aliphatic rings. The van der Waals surface area contributed by atoms with E-state index in [-0.39, 0.29) is 5.41 Å². The molecular weight excluding hydrogens is 364 g/mol. The van der Waals surface area contributed by atoms with Crippen LogP contribution in [0.1, 0.15) is 37.7 Å². The van der Waals surface area contributed by atoms with E-state index in [0.29, 0.717) is 11.8 Å². The Morgan fingerprint density at radius 1 is 0.966 bits per heavy atom. The number of hydrogen-bond donors (Lipinski definition) is 2. The fraction of sp³-hybridized carbons (Fsp3) is 0.391. The van der Waals surface area contributed by atoms with Crippen LogP contribution < -0.4 is 20.5 Å². The zero-order valence-corrected chi connectivity index (χ0v) is 17.1. The summed E-state index contributed by atoms with van der Waals surface area (Å²) in [5, 5.41) is 4.36. The smallest absolute Gasteiger partial charge is 0.225 e. The van der Waals surface area contributed by atoms with Crippen molar-refractivity contribution in [1.29, 1.82) is 0 Å². The average molecular weight is 393 g/mol. The van der Waals surface area contributed by atoms with Crippen LogP contribution in [0.5, 0.6) is 11.5 Å². The third kappa shape index (κ3) is 3.79. The molecule has 0 atom stereocenters. The molecule has 1 saturated carbocycles. The van der Waals surface area contributed by atoms with Crippen LogP contribution in [0, 0.1) is 0 Å². The molecule has 1 aromatic heterocycles.